The Balaban J connectivity index is 1.22. The van der Waals surface area contributed by atoms with Crippen molar-refractivity contribution in [2.75, 3.05) is 20.3 Å². The van der Waals surface area contributed by atoms with Crippen molar-refractivity contribution >= 4 is 0 Å². The third kappa shape index (κ3) is 5.03. The minimum atomic E-state index is -4.53. The van der Waals surface area contributed by atoms with Gasteiger partial charge < -0.3 is 18.8 Å². The first-order valence-electron chi connectivity index (χ1n) is 12.5. The highest BCUT2D eigenvalue weighted by Gasteiger charge is 2.37. The van der Waals surface area contributed by atoms with Gasteiger partial charge in [-0.2, -0.15) is 18.2 Å². The van der Waals surface area contributed by atoms with Gasteiger partial charge in [-0.05, 0) is 25.3 Å². The maximum atomic E-state index is 13.3. The number of ether oxygens (including phenoxy) is 3. The zero-order chi connectivity index (χ0) is 27.1. The first kappa shape index (κ1) is 25.2. The van der Waals surface area contributed by atoms with Crippen LogP contribution in [0.2, 0.25) is 0 Å². The largest absolute Gasteiger partial charge is 0.480 e. The second kappa shape index (κ2) is 9.92. The molecule has 0 bridgehead atoms. The maximum Gasteiger partial charge on any atom is 0.434 e. The standard InChI is InChI=1S/C27H25F3N6O3/c1-15-9-31-23(21-22(17-7-8-17)32-14-33-26(21)37-2)35-25(15)39-11-16-3-5-18(6-4-16)24-34-20(27(28,29)30)10-36(24)19-12-38-13-19/h3-6,9-10,14,17,19H,7-8,11-13H2,1-2H3. The molecule has 39 heavy (non-hydrogen) atoms. The summed E-state index contributed by atoms with van der Waals surface area (Å²) in [5.41, 5.74) is 2.76. The normalized spacial score (nSPS) is 15.7. The Morgan fingerprint density at radius 2 is 1.79 bits per heavy atom. The van der Waals surface area contributed by atoms with E-state index in [-0.39, 0.29) is 18.5 Å². The van der Waals surface area contributed by atoms with Crippen molar-refractivity contribution in [1.82, 2.24) is 29.5 Å². The molecule has 1 saturated carbocycles. The van der Waals surface area contributed by atoms with E-state index < -0.39 is 11.9 Å². The molecular weight excluding hydrogens is 513 g/mol. The Morgan fingerprint density at radius 1 is 1.03 bits per heavy atom. The van der Waals surface area contributed by atoms with Gasteiger partial charge in [0.05, 0.1) is 32.1 Å². The molecule has 2 fully saturated rings. The van der Waals surface area contributed by atoms with Crippen LogP contribution in [0.1, 0.15) is 47.3 Å². The van der Waals surface area contributed by atoms with Crippen molar-refractivity contribution in [1.29, 1.82) is 0 Å². The zero-order valence-corrected chi connectivity index (χ0v) is 21.3. The second-order valence-electron chi connectivity index (χ2n) is 9.63. The van der Waals surface area contributed by atoms with Crippen LogP contribution >= 0.6 is 0 Å². The van der Waals surface area contributed by atoms with Gasteiger partial charge in [0.15, 0.2) is 11.5 Å². The number of aromatic nitrogens is 6. The summed E-state index contributed by atoms with van der Waals surface area (Å²) in [7, 11) is 1.55. The molecule has 0 spiro atoms. The number of hydrogen-bond acceptors (Lipinski definition) is 8. The molecule has 1 aliphatic carbocycles. The number of aryl methyl sites for hydroxylation is 1. The van der Waals surface area contributed by atoms with Crippen molar-refractivity contribution in [3.8, 4) is 34.5 Å². The second-order valence-corrected chi connectivity index (χ2v) is 9.63. The van der Waals surface area contributed by atoms with Gasteiger partial charge in [-0.15, -0.1) is 0 Å². The molecule has 4 heterocycles. The van der Waals surface area contributed by atoms with E-state index in [2.05, 4.69) is 24.9 Å². The molecular formula is C27H25F3N6O3. The lowest BCUT2D eigenvalue weighted by Crippen LogP contribution is -2.30. The van der Waals surface area contributed by atoms with Crippen LogP contribution in [0.3, 0.4) is 0 Å². The topological polar surface area (TPSA) is 97.1 Å². The zero-order valence-electron chi connectivity index (χ0n) is 21.3. The Bertz CT molecular complexity index is 1500. The average molecular weight is 539 g/mol. The predicted molar refractivity (Wildman–Crippen MR) is 133 cm³/mol. The lowest BCUT2D eigenvalue weighted by molar-refractivity contribution is -0.141. The molecule has 4 aromatic rings. The third-order valence-corrected chi connectivity index (χ3v) is 6.77. The quantitative estimate of drug-likeness (QED) is 0.304. The van der Waals surface area contributed by atoms with Crippen LogP contribution in [0.4, 0.5) is 13.2 Å². The van der Waals surface area contributed by atoms with E-state index >= 15 is 0 Å². The number of benzene rings is 1. The van der Waals surface area contributed by atoms with Crippen molar-refractivity contribution in [3.05, 3.63) is 65.5 Å². The molecule has 1 aliphatic heterocycles. The van der Waals surface area contributed by atoms with Gasteiger partial charge in [-0.1, -0.05) is 24.3 Å². The van der Waals surface area contributed by atoms with E-state index in [1.54, 1.807) is 42.1 Å². The minimum absolute atomic E-state index is 0.171. The molecule has 1 saturated heterocycles. The molecule has 202 valence electrons. The van der Waals surface area contributed by atoms with Crippen molar-refractivity contribution < 1.29 is 27.4 Å². The van der Waals surface area contributed by atoms with E-state index in [0.717, 1.165) is 35.9 Å². The Hall–Kier alpha value is -4.06. The molecule has 0 amide bonds. The van der Waals surface area contributed by atoms with Crippen LogP contribution in [-0.2, 0) is 17.5 Å². The first-order valence-corrected chi connectivity index (χ1v) is 12.5. The van der Waals surface area contributed by atoms with E-state index in [1.165, 1.54) is 6.33 Å². The number of alkyl halides is 3. The van der Waals surface area contributed by atoms with Crippen LogP contribution in [0.25, 0.3) is 22.8 Å². The number of methoxy groups -OCH3 is 1. The number of halogens is 3. The van der Waals surface area contributed by atoms with Crippen LogP contribution < -0.4 is 9.47 Å². The van der Waals surface area contributed by atoms with Crippen LogP contribution in [0.15, 0.2) is 43.0 Å². The summed E-state index contributed by atoms with van der Waals surface area (Å²) in [6, 6.07) is 6.91. The number of nitrogens with zero attached hydrogens (tertiary/aromatic N) is 6. The molecule has 0 radical (unpaired) electrons. The van der Waals surface area contributed by atoms with Crippen molar-refractivity contribution in [3.63, 3.8) is 0 Å². The summed E-state index contributed by atoms with van der Waals surface area (Å²) in [5.74, 6) is 1.84. The number of imidazole rings is 1. The predicted octanol–water partition coefficient (Wildman–Crippen LogP) is 5.16. The van der Waals surface area contributed by atoms with Gasteiger partial charge >= 0.3 is 6.18 Å². The monoisotopic (exact) mass is 538 g/mol. The highest BCUT2D eigenvalue weighted by molar-refractivity contribution is 5.66. The van der Waals surface area contributed by atoms with E-state index in [0.29, 0.717) is 47.8 Å². The Morgan fingerprint density at radius 3 is 2.44 bits per heavy atom. The van der Waals surface area contributed by atoms with Gasteiger partial charge in [0, 0.05) is 29.4 Å². The molecule has 3 aromatic heterocycles. The maximum absolute atomic E-state index is 13.3. The average Bonchev–Trinajstić information content (AvgIpc) is 3.65. The van der Waals surface area contributed by atoms with Crippen LogP contribution in [0.5, 0.6) is 11.8 Å². The van der Waals surface area contributed by atoms with E-state index in [4.69, 9.17) is 14.2 Å². The third-order valence-electron chi connectivity index (χ3n) is 6.77. The summed E-state index contributed by atoms with van der Waals surface area (Å²) in [6.07, 6.45) is 1.79. The molecule has 2 aliphatic rings. The van der Waals surface area contributed by atoms with Gasteiger partial charge in [0.2, 0.25) is 11.8 Å². The van der Waals surface area contributed by atoms with Crippen LogP contribution in [-0.4, -0.2) is 49.8 Å². The van der Waals surface area contributed by atoms with Crippen molar-refractivity contribution in [2.24, 2.45) is 0 Å². The van der Waals surface area contributed by atoms with Gasteiger partial charge in [-0.3, -0.25) is 0 Å². The SMILES string of the molecule is COc1ncnc(C2CC2)c1-c1ncc(C)c(OCc2ccc(-c3nc(C(F)(F)F)cn3C3COC3)cc2)n1. The molecule has 0 N–H and O–H groups in total. The summed E-state index contributed by atoms with van der Waals surface area (Å²) in [4.78, 5) is 21.7. The minimum Gasteiger partial charge on any atom is -0.480 e. The number of hydrogen-bond donors (Lipinski definition) is 0. The lowest BCUT2D eigenvalue weighted by Gasteiger charge is -2.28. The van der Waals surface area contributed by atoms with E-state index in [1.807, 2.05) is 6.92 Å². The van der Waals surface area contributed by atoms with Crippen LogP contribution in [0, 0.1) is 6.92 Å². The highest BCUT2D eigenvalue weighted by atomic mass is 19.4. The smallest absolute Gasteiger partial charge is 0.434 e. The Kier molecular flexibility index (Phi) is 6.42. The first-order chi connectivity index (χ1) is 18.8. The summed E-state index contributed by atoms with van der Waals surface area (Å²) in [6.45, 7) is 2.77. The fraction of sp³-hybridized carbons (Fsp3) is 0.370. The lowest BCUT2D eigenvalue weighted by atomic mass is 10.1. The fourth-order valence-electron chi connectivity index (χ4n) is 4.41. The van der Waals surface area contributed by atoms with Gasteiger partial charge in [0.1, 0.15) is 24.3 Å². The molecule has 1 aromatic carbocycles. The number of rotatable bonds is 8. The van der Waals surface area contributed by atoms with Crippen molar-refractivity contribution in [2.45, 2.75) is 44.5 Å². The van der Waals surface area contributed by atoms with E-state index in [9.17, 15) is 13.2 Å². The molecule has 6 rings (SSSR count). The fourth-order valence-corrected chi connectivity index (χ4v) is 4.41. The highest BCUT2D eigenvalue weighted by Crippen LogP contribution is 2.45. The molecule has 12 heteroatoms. The summed E-state index contributed by atoms with van der Waals surface area (Å²) < 4.78 is 58.2. The Labute approximate surface area is 222 Å². The van der Waals surface area contributed by atoms with Gasteiger partial charge in [-0.25, -0.2) is 19.9 Å². The summed E-state index contributed by atoms with van der Waals surface area (Å²) >= 11 is 0. The summed E-state index contributed by atoms with van der Waals surface area (Å²) in [5, 5.41) is 0. The molecule has 9 nitrogen and oxygen atoms in total. The molecule has 0 unspecified atom stereocenters. The van der Waals surface area contributed by atoms with Gasteiger partial charge in [0.25, 0.3) is 0 Å². The molecule has 0 atom stereocenters.